The summed E-state index contributed by atoms with van der Waals surface area (Å²) in [5.41, 5.74) is 0.870. The second-order valence-electron chi connectivity index (χ2n) is 3.70. The van der Waals surface area contributed by atoms with E-state index >= 15 is 0 Å². The van der Waals surface area contributed by atoms with Crippen molar-refractivity contribution in [2.45, 2.75) is 0 Å². The molecule has 0 fully saturated rings. The smallest absolute Gasteiger partial charge is 0.325 e. The van der Waals surface area contributed by atoms with Gasteiger partial charge in [0.15, 0.2) is 5.13 Å². The van der Waals surface area contributed by atoms with Gasteiger partial charge in [0.05, 0.1) is 0 Å². The number of aromatic nitrogens is 1. The molecule has 8 heteroatoms. The number of amides is 3. The van der Waals surface area contributed by atoms with E-state index in [0.717, 1.165) is 0 Å². The lowest BCUT2D eigenvalue weighted by Gasteiger charge is -2.05. The van der Waals surface area contributed by atoms with Crippen LogP contribution in [0.15, 0.2) is 29.6 Å². The second-order valence-corrected chi connectivity index (χ2v) is 5.00. The topological polar surface area (TPSA) is 83.1 Å². The Bertz CT molecular complexity index is 627. The monoisotopic (exact) mass is 310 g/mol. The van der Waals surface area contributed by atoms with E-state index in [-0.39, 0.29) is 11.6 Å². The highest BCUT2D eigenvalue weighted by Gasteiger charge is 2.10. The molecular weight excluding hydrogens is 300 g/mol. The van der Waals surface area contributed by atoms with E-state index in [4.69, 9.17) is 11.6 Å². The van der Waals surface area contributed by atoms with E-state index in [1.165, 1.54) is 18.4 Å². The Kier molecular flexibility index (Phi) is 4.54. The molecular formula is C12H11ClN4O2S. The molecule has 0 atom stereocenters. The Morgan fingerprint density at radius 2 is 1.90 bits per heavy atom. The van der Waals surface area contributed by atoms with Crippen LogP contribution in [-0.4, -0.2) is 24.0 Å². The Balaban J connectivity index is 1.96. The number of thiazole rings is 1. The second kappa shape index (κ2) is 6.36. The Morgan fingerprint density at radius 3 is 2.55 bits per heavy atom. The van der Waals surface area contributed by atoms with Gasteiger partial charge < -0.3 is 10.6 Å². The zero-order valence-electron chi connectivity index (χ0n) is 10.4. The van der Waals surface area contributed by atoms with Crippen LogP contribution in [0.5, 0.6) is 0 Å². The number of nitrogens with zero attached hydrogens (tertiary/aromatic N) is 1. The molecule has 2 rings (SSSR count). The molecule has 6 nitrogen and oxygen atoms in total. The highest BCUT2D eigenvalue weighted by atomic mass is 35.5. The van der Waals surface area contributed by atoms with Gasteiger partial charge in [-0.1, -0.05) is 11.6 Å². The van der Waals surface area contributed by atoms with Gasteiger partial charge in [-0.2, -0.15) is 0 Å². The zero-order chi connectivity index (χ0) is 14.5. The summed E-state index contributed by atoms with van der Waals surface area (Å²) >= 11 is 6.92. The lowest BCUT2D eigenvalue weighted by Crippen LogP contribution is -2.20. The van der Waals surface area contributed by atoms with Crippen molar-refractivity contribution < 1.29 is 9.59 Å². The van der Waals surface area contributed by atoms with Gasteiger partial charge in [-0.25, -0.2) is 9.78 Å². The number of halogens is 1. The number of benzene rings is 1. The first-order chi connectivity index (χ1) is 9.58. The summed E-state index contributed by atoms with van der Waals surface area (Å²) in [4.78, 5) is 27.0. The van der Waals surface area contributed by atoms with Crippen LogP contribution in [0.3, 0.4) is 0 Å². The van der Waals surface area contributed by atoms with Gasteiger partial charge in [0.2, 0.25) is 0 Å². The average molecular weight is 311 g/mol. The number of hydrogen-bond donors (Lipinski definition) is 3. The third-order valence-electron chi connectivity index (χ3n) is 2.29. The molecule has 1 heterocycles. The molecule has 20 heavy (non-hydrogen) atoms. The summed E-state index contributed by atoms with van der Waals surface area (Å²) < 4.78 is 0. The highest BCUT2D eigenvalue weighted by Crippen LogP contribution is 2.17. The fourth-order valence-electron chi connectivity index (χ4n) is 1.36. The molecule has 1 aromatic carbocycles. The maximum absolute atomic E-state index is 11.7. The molecule has 1 aromatic heterocycles. The Labute approximate surface area is 124 Å². The van der Waals surface area contributed by atoms with E-state index in [0.29, 0.717) is 15.8 Å². The van der Waals surface area contributed by atoms with Gasteiger partial charge in [0, 0.05) is 23.1 Å². The highest BCUT2D eigenvalue weighted by molar-refractivity contribution is 7.14. The zero-order valence-corrected chi connectivity index (χ0v) is 12.0. The maximum Gasteiger partial charge on any atom is 0.325 e. The van der Waals surface area contributed by atoms with Gasteiger partial charge in [0.25, 0.3) is 5.91 Å². The van der Waals surface area contributed by atoms with Crippen LogP contribution in [0.2, 0.25) is 5.02 Å². The van der Waals surface area contributed by atoms with Crippen molar-refractivity contribution in [1.82, 2.24) is 10.3 Å². The molecule has 0 radical (unpaired) electrons. The minimum atomic E-state index is -0.440. The summed E-state index contributed by atoms with van der Waals surface area (Å²) in [6.07, 6.45) is 0. The lowest BCUT2D eigenvalue weighted by molar-refractivity contribution is 0.0959. The quantitative estimate of drug-likeness (QED) is 0.815. The first kappa shape index (κ1) is 14.3. The van der Waals surface area contributed by atoms with E-state index in [1.54, 1.807) is 29.6 Å². The van der Waals surface area contributed by atoms with Crippen LogP contribution in [0.1, 0.15) is 10.5 Å². The van der Waals surface area contributed by atoms with Gasteiger partial charge in [-0.05, 0) is 24.3 Å². The molecule has 3 amide bonds. The van der Waals surface area contributed by atoms with E-state index in [2.05, 4.69) is 20.9 Å². The van der Waals surface area contributed by atoms with Crippen LogP contribution in [-0.2, 0) is 0 Å². The minimum Gasteiger partial charge on any atom is -0.354 e. The van der Waals surface area contributed by atoms with Gasteiger partial charge in [0.1, 0.15) is 5.69 Å². The number of rotatable bonds is 3. The van der Waals surface area contributed by atoms with Crippen molar-refractivity contribution in [2.75, 3.05) is 17.7 Å². The summed E-state index contributed by atoms with van der Waals surface area (Å²) in [6, 6.07) is 6.26. The van der Waals surface area contributed by atoms with Crippen molar-refractivity contribution in [3.63, 3.8) is 0 Å². The van der Waals surface area contributed by atoms with Crippen LogP contribution in [0.4, 0.5) is 15.6 Å². The van der Waals surface area contributed by atoms with E-state index in [9.17, 15) is 9.59 Å². The first-order valence-corrected chi connectivity index (χ1v) is 6.85. The lowest BCUT2D eigenvalue weighted by atomic mass is 10.3. The number of anilines is 2. The summed E-state index contributed by atoms with van der Waals surface area (Å²) in [6.45, 7) is 0. The predicted octanol–water partition coefficient (Wildman–Crippen LogP) is 2.80. The normalized spacial score (nSPS) is 9.90. The van der Waals surface area contributed by atoms with Crippen molar-refractivity contribution in [3.8, 4) is 0 Å². The average Bonchev–Trinajstić information content (AvgIpc) is 2.89. The standard InChI is InChI=1S/C12H11ClN4O2S/c1-14-10(18)9-6-20-12(16-9)17-11(19)15-8-4-2-7(13)3-5-8/h2-6H,1H3,(H,14,18)(H2,15,16,17,19). The molecule has 0 saturated carbocycles. The molecule has 2 aromatic rings. The van der Waals surface area contributed by atoms with Gasteiger partial charge in [-0.3, -0.25) is 10.1 Å². The fraction of sp³-hybridized carbons (Fsp3) is 0.0833. The SMILES string of the molecule is CNC(=O)c1csc(NC(=O)Nc2ccc(Cl)cc2)n1. The van der Waals surface area contributed by atoms with Crippen molar-refractivity contribution in [1.29, 1.82) is 0 Å². The third-order valence-corrected chi connectivity index (χ3v) is 3.30. The largest absolute Gasteiger partial charge is 0.354 e. The van der Waals surface area contributed by atoms with Crippen molar-refractivity contribution >= 4 is 45.7 Å². The summed E-state index contributed by atoms with van der Waals surface area (Å²) in [5.74, 6) is -0.299. The molecule has 3 N–H and O–H groups in total. The molecule has 0 aliphatic carbocycles. The predicted molar refractivity (Wildman–Crippen MR) is 79.6 cm³/mol. The van der Waals surface area contributed by atoms with Crippen LogP contribution < -0.4 is 16.0 Å². The summed E-state index contributed by atoms with van der Waals surface area (Å²) in [7, 11) is 1.52. The number of urea groups is 1. The molecule has 104 valence electrons. The molecule has 0 bridgehead atoms. The number of hydrogen-bond acceptors (Lipinski definition) is 4. The number of nitrogens with one attached hydrogen (secondary N) is 3. The molecule has 0 saturated heterocycles. The number of carbonyl (C=O) groups excluding carboxylic acids is 2. The Hall–Kier alpha value is -2.12. The Morgan fingerprint density at radius 1 is 1.20 bits per heavy atom. The molecule has 0 aliphatic rings. The molecule has 0 spiro atoms. The van der Waals surface area contributed by atoms with Crippen LogP contribution in [0.25, 0.3) is 0 Å². The van der Waals surface area contributed by atoms with Gasteiger partial charge in [-0.15, -0.1) is 11.3 Å². The maximum atomic E-state index is 11.7. The molecule has 0 unspecified atom stereocenters. The van der Waals surface area contributed by atoms with E-state index in [1.807, 2.05) is 0 Å². The molecule has 0 aliphatic heterocycles. The third kappa shape index (κ3) is 3.69. The van der Waals surface area contributed by atoms with Crippen LogP contribution >= 0.6 is 22.9 Å². The van der Waals surface area contributed by atoms with Gasteiger partial charge >= 0.3 is 6.03 Å². The van der Waals surface area contributed by atoms with E-state index < -0.39 is 6.03 Å². The number of carbonyl (C=O) groups is 2. The minimum absolute atomic E-state index is 0.263. The fourth-order valence-corrected chi connectivity index (χ4v) is 2.17. The van der Waals surface area contributed by atoms with Crippen molar-refractivity contribution in [2.24, 2.45) is 0 Å². The summed E-state index contributed by atoms with van der Waals surface area (Å²) in [5, 5.41) is 10.1. The first-order valence-electron chi connectivity index (χ1n) is 5.59. The van der Waals surface area contributed by atoms with Crippen molar-refractivity contribution in [3.05, 3.63) is 40.4 Å². The van der Waals surface area contributed by atoms with Crippen LogP contribution in [0, 0.1) is 0 Å².